The van der Waals surface area contributed by atoms with E-state index >= 15 is 0 Å². The van der Waals surface area contributed by atoms with Crippen LogP contribution in [0.5, 0.6) is 0 Å². The van der Waals surface area contributed by atoms with Gasteiger partial charge in [0.25, 0.3) is 0 Å². The molecule has 2 aliphatic rings. The van der Waals surface area contributed by atoms with E-state index in [4.69, 9.17) is 0 Å². The van der Waals surface area contributed by atoms with Crippen LogP contribution in [0.1, 0.15) is 77.2 Å². The van der Waals surface area contributed by atoms with Crippen molar-refractivity contribution >= 4 is 23.4 Å². The zero-order valence-electron chi connectivity index (χ0n) is 19.9. The van der Waals surface area contributed by atoms with Crippen molar-refractivity contribution in [2.75, 3.05) is 31.1 Å². The van der Waals surface area contributed by atoms with Gasteiger partial charge in [-0.3, -0.25) is 14.4 Å². The number of rotatable bonds is 4. The summed E-state index contributed by atoms with van der Waals surface area (Å²) < 4.78 is 0. The number of amides is 3. The maximum atomic E-state index is 13.2. The molecule has 0 aliphatic carbocycles. The van der Waals surface area contributed by atoms with E-state index in [-0.39, 0.29) is 24.3 Å². The topological polar surface area (TPSA) is 60.9 Å². The molecule has 2 aliphatic heterocycles. The Kier molecular flexibility index (Phi) is 9.12. The molecule has 0 saturated carbocycles. The largest absolute Gasteiger partial charge is 0.337 e. The van der Waals surface area contributed by atoms with Gasteiger partial charge in [0.05, 0.1) is 6.54 Å². The highest BCUT2D eigenvalue weighted by atomic mass is 16.2. The number of anilines is 1. The molecule has 32 heavy (non-hydrogen) atoms. The summed E-state index contributed by atoms with van der Waals surface area (Å²) in [4.78, 5) is 43.9. The molecule has 3 amide bonds. The Morgan fingerprint density at radius 3 is 2.25 bits per heavy atom. The Balaban J connectivity index is 1.85. The lowest BCUT2D eigenvalue weighted by Gasteiger charge is -2.30. The van der Waals surface area contributed by atoms with Gasteiger partial charge < -0.3 is 14.7 Å². The lowest BCUT2D eigenvalue weighted by Crippen LogP contribution is -2.41. The lowest BCUT2D eigenvalue weighted by atomic mass is 10.1. The van der Waals surface area contributed by atoms with Gasteiger partial charge in [0.15, 0.2) is 0 Å². The summed E-state index contributed by atoms with van der Waals surface area (Å²) in [5.41, 5.74) is 1.93. The monoisotopic (exact) mass is 441 g/mol. The number of carbonyl (C=O) groups is 3. The minimum atomic E-state index is 0.00461. The fourth-order valence-electron chi connectivity index (χ4n) is 4.66. The van der Waals surface area contributed by atoms with E-state index in [9.17, 15) is 14.4 Å². The van der Waals surface area contributed by atoms with E-state index in [1.54, 1.807) is 4.90 Å². The second-order valence-corrected chi connectivity index (χ2v) is 9.63. The SMILES string of the molecule is CC(C)CC(=O)N1CCCCCCCCN(C(=O)CN2CCCC2=O)Cc2ccccc21. The third kappa shape index (κ3) is 6.81. The molecule has 6 nitrogen and oxygen atoms in total. The molecule has 1 saturated heterocycles. The first-order valence-electron chi connectivity index (χ1n) is 12.4. The van der Waals surface area contributed by atoms with Crippen LogP contribution in [0, 0.1) is 5.92 Å². The van der Waals surface area contributed by atoms with Crippen molar-refractivity contribution < 1.29 is 14.4 Å². The van der Waals surface area contributed by atoms with Gasteiger partial charge in [-0.25, -0.2) is 0 Å². The molecule has 176 valence electrons. The van der Waals surface area contributed by atoms with Crippen molar-refractivity contribution in [2.24, 2.45) is 5.92 Å². The number of para-hydroxylation sites is 1. The van der Waals surface area contributed by atoms with Gasteiger partial charge in [-0.2, -0.15) is 0 Å². The maximum absolute atomic E-state index is 13.2. The summed E-state index contributed by atoms with van der Waals surface area (Å²) >= 11 is 0. The van der Waals surface area contributed by atoms with E-state index < -0.39 is 0 Å². The summed E-state index contributed by atoms with van der Waals surface area (Å²) in [6.07, 6.45) is 8.40. The fourth-order valence-corrected chi connectivity index (χ4v) is 4.66. The molecule has 0 bridgehead atoms. The highest BCUT2D eigenvalue weighted by Crippen LogP contribution is 2.26. The number of hydrogen-bond donors (Lipinski definition) is 0. The number of likely N-dealkylation sites (tertiary alicyclic amines) is 1. The van der Waals surface area contributed by atoms with Crippen molar-refractivity contribution in [3.05, 3.63) is 29.8 Å². The van der Waals surface area contributed by atoms with E-state index in [1.165, 1.54) is 0 Å². The Bertz CT molecular complexity index is 792. The van der Waals surface area contributed by atoms with Crippen molar-refractivity contribution in [2.45, 2.75) is 78.2 Å². The second-order valence-electron chi connectivity index (χ2n) is 9.63. The normalized spacial score (nSPS) is 18.7. The average Bonchev–Trinajstić information content (AvgIpc) is 3.16. The predicted octanol–water partition coefficient (Wildman–Crippen LogP) is 4.37. The minimum Gasteiger partial charge on any atom is -0.337 e. The maximum Gasteiger partial charge on any atom is 0.242 e. The number of carbonyl (C=O) groups excluding carboxylic acids is 3. The number of hydrogen-bond acceptors (Lipinski definition) is 3. The lowest BCUT2D eigenvalue weighted by molar-refractivity contribution is -0.138. The molecule has 0 radical (unpaired) electrons. The van der Waals surface area contributed by atoms with Gasteiger partial charge in [0.2, 0.25) is 17.7 Å². The van der Waals surface area contributed by atoms with Gasteiger partial charge in [-0.05, 0) is 36.8 Å². The Hall–Kier alpha value is -2.37. The van der Waals surface area contributed by atoms with E-state index in [1.807, 2.05) is 34.1 Å². The van der Waals surface area contributed by atoms with Gasteiger partial charge >= 0.3 is 0 Å². The molecular weight excluding hydrogens is 402 g/mol. The zero-order valence-corrected chi connectivity index (χ0v) is 19.9. The number of nitrogens with zero attached hydrogens (tertiary/aromatic N) is 3. The summed E-state index contributed by atoms with van der Waals surface area (Å²) in [7, 11) is 0. The highest BCUT2D eigenvalue weighted by molar-refractivity contribution is 5.94. The van der Waals surface area contributed by atoms with Crippen molar-refractivity contribution in [3.63, 3.8) is 0 Å². The van der Waals surface area contributed by atoms with Crippen LogP contribution in [-0.4, -0.2) is 53.7 Å². The van der Waals surface area contributed by atoms with Gasteiger partial charge in [-0.15, -0.1) is 0 Å². The summed E-state index contributed by atoms with van der Waals surface area (Å²) in [6, 6.07) is 8.00. The Morgan fingerprint density at radius 1 is 0.875 bits per heavy atom. The fraction of sp³-hybridized carbons (Fsp3) is 0.654. The van der Waals surface area contributed by atoms with Crippen LogP contribution in [-0.2, 0) is 20.9 Å². The smallest absolute Gasteiger partial charge is 0.242 e. The Morgan fingerprint density at radius 2 is 1.56 bits per heavy atom. The van der Waals surface area contributed by atoms with E-state index in [2.05, 4.69) is 13.8 Å². The highest BCUT2D eigenvalue weighted by Gasteiger charge is 2.26. The van der Waals surface area contributed by atoms with Gasteiger partial charge in [0.1, 0.15) is 0 Å². The quantitative estimate of drug-likeness (QED) is 0.697. The molecule has 0 N–H and O–H groups in total. The van der Waals surface area contributed by atoms with Crippen LogP contribution in [0.15, 0.2) is 24.3 Å². The van der Waals surface area contributed by atoms with E-state index in [0.717, 1.165) is 62.7 Å². The molecule has 6 heteroatoms. The van der Waals surface area contributed by atoms with Gasteiger partial charge in [0, 0.05) is 44.7 Å². The molecule has 3 rings (SSSR count). The average molecular weight is 442 g/mol. The molecule has 0 atom stereocenters. The second kappa shape index (κ2) is 12.0. The van der Waals surface area contributed by atoms with E-state index in [0.29, 0.717) is 38.4 Å². The van der Waals surface area contributed by atoms with Crippen molar-refractivity contribution in [3.8, 4) is 0 Å². The van der Waals surface area contributed by atoms with Crippen LogP contribution in [0.4, 0.5) is 5.69 Å². The van der Waals surface area contributed by atoms with Crippen LogP contribution in [0.2, 0.25) is 0 Å². The molecule has 0 spiro atoms. The Labute approximate surface area is 192 Å². The molecular formula is C26H39N3O3. The predicted molar refractivity (Wildman–Crippen MR) is 127 cm³/mol. The standard InChI is InChI=1S/C26H39N3O3/c1-21(2)18-25(31)29-17-10-6-4-3-5-9-15-27(19-22-12-7-8-13-23(22)29)26(32)20-28-16-11-14-24(28)30/h7-8,12-13,21H,3-6,9-11,14-20H2,1-2H3. The zero-order chi connectivity index (χ0) is 22.9. The number of benzene rings is 1. The van der Waals surface area contributed by atoms with Crippen molar-refractivity contribution in [1.82, 2.24) is 9.80 Å². The third-order valence-corrected chi connectivity index (χ3v) is 6.44. The third-order valence-electron chi connectivity index (χ3n) is 6.44. The molecule has 2 heterocycles. The van der Waals surface area contributed by atoms with Crippen LogP contribution >= 0.6 is 0 Å². The molecule has 1 fully saturated rings. The van der Waals surface area contributed by atoms with Gasteiger partial charge in [-0.1, -0.05) is 57.7 Å². The van der Waals surface area contributed by atoms with Crippen LogP contribution in [0.3, 0.4) is 0 Å². The van der Waals surface area contributed by atoms with Crippen LogP contribution < -0.4 is 4.90 Å². The minimum absolute atomic E-state index is 0.00461. The first kappa shape index (κ1) is 24.3. The first-order chi connectivity index (χ1) is 15.5. The van der Waals surface area contributed by atoms with Crippen molar-refractivity contribution in [1.29, 1.82) is 0 Å². The molecule has 0 aromatic heterocycles. The van der Waals surface area contributed by atoms with Crippen LogP contribution in [0.25, 0.3) is 0 Å². The number of fused-ring (bicyclic) bond motifs is 1. The summed E-state index contributed by atoms with van der Waals surface area (Å²) in [6.45, 7) is 6.87. The summed E-state index contributed by atoms with van der Waals surface area (Å²) in [5, 5.41) is 0. The molecule has 1 aromatic rings. The summed E-state index contributed by atoms with van der Waals surface area (Å²) in [5.74, 6) is 0.540. The molecule has 0 unspecified atom stereocenters. The molecule has 1 aromatic carbocycles. The first-order valence-corrected chi connectivity index (χ1v) is 12.4.